The molecule has 1 saturated heterocycles. The Balaban J connectivity index is 1.95. The fraction of sp³-hybridized carbons (Fsp3) is 0.684. The van der Waals surface area contributed by atoms with Crippen LogP contribution in [0, 0.1) is 0 Å². The minimum absolute atomic E-state index is 0.236. The molecule has 1 aliphatic heterocycles. The van der Waals surface area contributed by atoms with Gasteiger partial charge in [0.15, 0.2) is 0 Å². The van der Waals surface area contributed by atoms with Crippen LogP contribution >= 0.6 is 0 Å². The molecule has 21 heavy (non-hydrogen) atoms. The second-order valence-electron chi connectivity index (χ2n) is 7.49. The van der Waals surface area contributed by atoms with Gasteiger partial charge < -0.3 is 10.2 Å². The molecule has 0 spiro atoms. The molecule has 1 N–H and O–H groups in total. The molecule has 118 valence electrons. The largest absolute Gasteiger partial charge is 0.306 e. The van der Waals surface area contributed by atoms with Crippen molar-refractivity contribution in [2.75, 3.05) is 19.6 Å². The van der Waals surface area contributed by atoms with Crippen LogP contribution < -0.4 is 5.32 Å². The zero-order valence-corrected chi connectivity index (χ0v) is 14.4. The first-order chi connectivity index (χ1) is 9.90. The summed E-state index contributed by atoms with van der Waals surface area (Å²) in [4.78, 5) is 2.55. The third kappa shape index (κ3) is 4.55. The van der Waals surface area contributed by atoms with Gasteiger partial charge >= 0.3 is 0 Å². The Morgan fingerprint density at radius 3 is 2.48 bits per heavy atom. The van der Waals surface area contributed by atoms with Crippen LogP contribution in [0.1, 0.15) is 64.6 Å². The molecule has 0 bridgehead atoms. The van der Waals surface area contributed by atoms with Crippen molar-refractivity contribution < 1.29 is 0 Å². The third-order valence-electron chi connectivity index (χ3n) is 4.72. The van der Waals surface area contributed by atoms with Crippen LogP contribution in [0.2, 0.25) is 0 Å². The summed E-state index contributed by atoms with van der Waals surface area (Å²) in [5.74, 6) is 0. The second kappa shape index (κ2) is 6.93. The number of benzene rings is 1. The Labute approximate surface area is 130 Å². The molecule has 1 aliphatic rings. The molecule has 1 aromatic rings. The molecule has 0 radical (unpaired) electrons. The average Bonchev–Trinajstić information content (AvgIpc) is 2.46. The monoisotopic (exact) mass is 288 g/mol. The van der Waals surface area contributed by atoms with Gasteiger partial charge in [0.2, 0.25) is 0 Å². The van der Waals surface area contributed by atoms with E-state index < -0.39 is 0 Å². The van der Waals surface area contributed by atoms with E-state index in [2.05, 4.69) is 69.1 Å². The molecule has 1 fully saturated rings. The van der Waals surface area contributed by atoms with Gasteiger partial charge in [0.05, 0.1) is 0 Å². The maximum absolute atomic E-state index is 3.82. The predicted molar refractivity (Wildman–Crippen MR) is 91.8 cm³/mol. The molecular formula is C19H32N2. The molecule has 2 rings (SSSR count). The molecule has 0 saturated carbocycles. The molecule has 2 atom stereocenters. The average molecular weight is 288 g/mol. The number of nitrogens with one attached hydrogen (secondary N) is 1. The Kier molecular flexibility index (Phi) is 5.45. The van der Waals surface area contributed by atoms with E-state index in [9.17, 15) is 0 Å². The smallest absolute Gasteiger partial charge is 0.0294 e. The van der Waals surface area contributed by atoms with E-state index in [0.717, 1.165) is 0 Å². The molecule has 2 heteroatoms. The maximum Gasteiger partial charge on any atom is 0.0294 e. The molecular weight excluding hydrogens is 256 g/mol. The Morgan fingerprint density at radius 1 is 1.24 bits per heavy atom. The number of rotatable bonds is 4. The van der Waals surface area contributed by atoms with Gasteiger partial charge in [-0.15, -0.1) is 0 Å². The van der Waals surface area contributed by atoms with Crippen LogP contribution in [-0.4, -0.2) is 30.6 Å². The first-order valence-electron chi connectivity index (χ1n) is 8.49. The van der Waals surface area contributed by atoms with Crippen molar-refractivity contribution in [3.8, 4) is 0 Å². The van der Waals surface area contributed by atoms with Crippen LogP contribution in [0.25, 0.3) is 0 Å². The first-order valence-corrected chi connectivity index (χ1v) is 8.49. The van der Waals surface area contributed by atoms with E-state index >= 15 is 0 Å². The zero-order valence-electron chi connectivity index (χ0n) is 14.4. The normalized spacial score (nSPS) is 22.2. The van der Waals surface area contributed by atoms with E-state index in [4.69, 9.17) is 0 Å². The highest BCUT2D eigenvalue weighted by molar-refractivity contribution is 5.29. The summed E-state index contributed by atoms with van der Waals surface area (Å²) in [5.41, 5.74) is 3.05. The van der Waals surface area contributed by atoms with Gasteiger partial charge in [-0.3, -0.25) is 0 Å². The highest BCUT2D eigenvalue weighted by Crippen LogP contribution is 2.24. The lowest BCUT2D eigenvalue weighted by Gasteiger charge is -2.34. The van der Waals surface area contributed by atoms with Crippen molar-refractivity contribution in [3.05, 3.63) is 35.4 Å². The summed E-state index contributed by atoms with van der Waals surface area (Å²) in [6.45, 7) is 15.0. The van der Waals surface area contributed by atoms with Gasteiger partial charge in [0.1, 0.15) is 0 Å². The Hall–Kier alpha value is -0.860. The number of piperidine rings is 1. The van der Waals surface area contributed by atoms with E-state index in [1.54, 1.807) is 0 Å². The lowest BCUT2D eigenvalue weighted by molar-refractivity contribution is 0.192. The molecule has 2 unspecified atom stereocenters. The summed E-state index contributed by atoms with van der Waals surface area (Å²) in [5, 5.41) is 3.82. The van der Waals surface area contributed by atoms with Crippen LogP contribution in [0.3, 0.4) is 0 Å². The quantitative estimate of drug-likeness (QED) is 0.896. The molecule has 0 aliphatic carbocycles. The van der Waals surface area contributed by atoms with Crippen molar-refractivity contribution in [2.45, 2.75) is 65.0 Å². The van der Waals surface area contributed by atoms with Crippen molar-refractivity contribution >= 4 is 0 Å². The van der Waals surface area contributed by atoms with E-state index in [1.807, 2.05) is 0 Å². The number of likely N-dealkylation sites (N-methyl/N-ethyl adjacent to an activating group) is 1. The minimum atomic E-state index is 0.236. The van der Waals surface area contributed by atoms with Crippen molar-refractivity contribution in [1.82, 2.24) is 10.2 Å². The van der Waals surface area contributed by atoms with Crippen molar-refractivity contribution in [2.24, 2.45) is 0 Å². The van der Waals surface area contributed by atoms with Crippen LogP contribution in [0.4, 0.5) is 0 Å². The molecule has 0 aromatic heterocycles. The van der Waals surface area contributed by atoms with E-state index in [-0.39, 0.29) is 5.41 Å². The van der Waals surface area contributed by atoms with Gasteiger partial charge in [0.25, 0.3) is 0 Å². The van der Waals surface area contributed by atoms with Crippen molar-refractivity contribution in [1.29, 1.82) is 0 Å². The molecule has 1 aromatic carbocycles. The summed E-state index contributed by atoms with van der Waals surface area (Å²) in [6, 6.07) is 10.2. The SMILES string of the molecule is CCN1CCCC(NC(C)c2ccc(C(C)(C)C)cc2)C1. The maximum atomic E-state index is 3.82. The van der Waals surface area contributed by atoms with E-state index in [0.29, 0.717) is 12.1 Å². The fourth-order valence-electron chi connectivity index (χ4n) is 3.20. The van der Waals surface area contributed by atoms with Gasteiger partial charge in [0, 0.05) is 18.6 Å². The van der Waals surface area contributed by atoms with Crippen LogP contribution in [0.15, 0.2) is 24.3 Å². The summed E-state index contributed by atoms with van der Waals surface area (Å²) < 4.78 is 0. The fourth-order valence-corrected chi connectivity index (χ4v) is 3.20. The predicted octanol–water partition coefficient (Wildman–Crippen LogP) is 4.12. The summed E-state index contributed by atoms with van der Waals surface area (Å²) >= 11 is 0. The number of nitrogens with zero attached hydrogens (tertiary/aromatic N) is 1. The number of likely N-dealkylation sites (tertiary alicyclic amines) is 1. The zero-order chi connectivity index (χ0) is 15.5. The minimum Gasteiger partial charge on any atom is -0.306 e. The lowest BCUT2D eigenvalue weighted by Crippen LogP contribution is -2.46. The van der Waals surface area contributed by atoms with Gasteiger partial charge in [-0.05, 0) is 49.4 Å². The summed E-state index contributed by atoms with van der Waals surface area (Å²) in [6.07, 6.45) is 2.63. The Morgan fingerprint density at radius 2 is 1.90 bits per heavy atom. The van der Waals surface area contributed by atoms with Crippen molar-refractivity contribution in [3.63, 3.8) is 0 Å². The molecule has 2 nitrogen and oxygen atoms in total. The van der Waals surface area contributed by atoms with Crippen LogP contribution in [-0.2, 0) is 5.41 Å². The van der Waals surface area contributed by atoms with E-state index in [1.165, 1.54) is 43.6 Å². The van der Waals surface area contributed by atoms with Crippen LogP contribution in [0.5, 0.6) is 0 Å². The highest BCUT2D eigenvalue weighted by Gasteiger charge is 2.20. The standard InChI is InChI=1S/C19H32N2/c1-6-21-13-7-8-18(14-21)20-15(2)16-9-11-17(12-10-16)19(3,4)5/h9-12,15,18,20H,6-8,13-14H2,1-5H3. The number of hydrogen-bond donors (Lipinski definition) is 1. The van der Waals surface area contributed by atoms with Gasteiger partial charge in [-0.1, -0.05) is 52.0 Å². The first kappa shape index (κ1) is 16.5. The lowest BCUT2D eigenvalue weighted by atomic mass is 9.86. The Bertz CT molecular complexity index is 430. The molecule has 1 heterocycles. The topological polar surface area (TPSA) is 15.3 Å². The van der Waals surface area contributed by atoms with Gasteiger partial charge in [-0.25, -0.2) is 0 Å². The van der Waals surface area contributed by atoms with Gasteiger partial charge in [-0.2, -0.15) is 0 Å². The summed E-state index contributed by atoms with van der Waals surface area (Å²) in [7, 11) is 0. The number of hydrogen-bond acceptors (Lipinski definition) is 2. The highest BCUT2D eigenvalue weighted by atomic mass is 15.2. The third-order valence-corrected chi connectivity index (χ3v) is 4.72. The molecule has 0 amide bonds. The second-order valence-corrected chi connectivity index (χ2v) is 7.49.